The summed E-state index contributed by atoms with van der Waals surface area (Å²) >= 11 is 1.50. The predicted molar refractivity (Wildman–Crippen MR) is 177 cm³/mol. The van der Waals surface area contributed by atoms with Crippen LogP contribution in [0.1, 0.15) is 28.9 Å². The number of fused-ring (bicyclic) bond motifs is 1. The number of hydrogen-bond donors (Lipinski definition) is 2. The summed E-state index contributed by atoms with van der Waals surface area (Å²) in [5.74, 6) is 0.848. The molecule has 1 fully saturated rings. The molecule has 2 N–H and O–H groups in total. The highest BCUT2D eigenvalue weighted by molar-refractivity contribution is 7.21. The van der Waals surface area contributed by atoms with Crippen LogP contribution in [0.2, 0.25) is 0 Å². The van der Waals surface area contributed by atoms with Gasteiger partial charge in [0.15, 0.2) is 5.82 Å². The van der Waals surface area contributed by atoms with E-state index in [2.05, 4.69) is 50.8 Å². The summed E-state index contributed by atoms with van der Waals surface area (Å²) in [7, 11) is 0. The molecule has 1 aliphatic heterocycles. The molecular formula is C35H31N7OS. The fourth-order valence-corrected chi connectivity index (χ4v) is 6.44. The number of rotatable bonds is 8. The number of hydrogen-bond acceptors (Lipinski definition) is 8. The van der Waals surface area contributed by atoms with E-state index in [1.165, 1.54) is 16.9 Å². The van der Waals surface area contributed by atoms with Crippen molar-refractivity contribution in [1.82, 2.24) is 24.8 Å². The second-order valence-electron chi connectivity index (χ2n) is 10.9. The molecule has 3 aromatic heterocycles. The van der Waals surface area contributed by atoms with Crippen LogP contribution in [0.5, 0.6) is 0 Å². The molecule has 8 nitrogen and oxygen atoms in total. The molecule has 3 aromatic carbocycles. The largest absolute Gasteiger partial charge is 0.367 e. The van der Waals surface area contributed by atoms with Crippen LogP contribution in [-0.4, -0.2) is 49.9 Å². The summed E-state index contributed by atoms with van der Waals surface area (Å²) in [6.45, 7) is 2.95. The Morgan fingerprint density at radius 2 is 1.59 bits per heavy atom. The summed E-state index contributed by atoms with van der Waals surface area (Å²) in [6, 6.07) is 33.9. The van der Waals surface area contributed by atoms with Crippen LogP contribution < -0.4 is 10.6 Å². The molecule has 0 unspecified atom stereocenters. The summed E-state index contributed by atoms with van der Waals surface area (Å²) in [5, 5.41) is 7.50. The van der Waals surface area contributed by atoms with Crippen molar-refractivity contribution < 1.29 is 4.79 Å². The van der Waals surface area contributed by atoms with E-state index in [4.69, 9.17) is 15.0 Å². The van der Waals surface area contributed by atoms with Gasteiger partial charge in [-0.05, 0) is 42.7 Å². The average Bonchev–Trinajstić information content (AvgIpc) is 3.51. The molecule has 44 heavy (non-hydrogen) atoms. The zero-order valence-corrected chi connectivity index (χ0v) is 24.9. The number of thiazole rings is 1. The third-order valence-electron chi connectivity index (χ3n) is 7.75. The number of amides is 1. The number of pyridine rings is 1. The number of anilines is 2. The molecule has 4 heterocycles. The topological polar surface area (TPSA) is 95.9 Å². The van der Waals surface area contributed by atoms with Crippen molar-refractivity contribution in [2.24, 2.45) is 0 Å². The number of likely N-dealkylation sites (tertiary alicyclic amines) is 1. The Morgan fingerprint density at radius 1 is 0.841 bits per heavy atom. The third kappa shape index (κ3) is 6.34. The van der Waals surface area contributed by atoms with Crippen molar-refractivity contribution >= 4 is 39.1 Å². The molecule has 9 heteroatoms. The standard InChI is InChI=1S/C35H31N7OS/c43-33(39-28-15-8-7-14-27(28)34-40-29-16-9-19-36-35(29)44-34)30-22-31(41-32(38-30)25-12-5-2-6-13-25)37-26-17-20-42(21-18-26)23-24-10-3-1-4-11-24/h1-16,19,22,26H,17-18,20-21,23H2,(H,39,43)(H,37,38,41). The highest BCUT2D eigenvalue weighted by Crippen LogP contribution is 2.34. The van der Waals surface area contributed by atoms with E-state index in [0.29, 0.717) is 23.0 Å². The van der Waals surface area contributed by atoms with Crippen LogP contribution in [0.25, 0.3) is 32.3 Å². The third-order valence-corrected chi connectivity index (χ3v) is 8.76. The SMILES string of the molecule is O=C(Nc1ccccc1-c1nc2cccnc2s1)c1cc(NC2CCN(Cc3ccccc3)CC2)nc(-c2ccccc2)n1. The smallest absolute Gasteiger partial charge is 0.274 e. The van der Waals surface area contributed by atoms with Gasteiger partial charge in [0.2, 0.25) is 0 Å². The van der Waals surface area contributed by atoms with Crippen LogP contribution in [0.4, 0.5) is 11.5 Å². The normalized spacial score (nSPS) is 14.0. The summed E-state index contributed by atoms with van der Waals surface area (Å²) < 4.78 is 0. The second-order valence-corrected chi connectivity index (χ2v) is 11.8. The Kier molecular flexibility index (Phi) is 8.03. The highest BCUT2D eigenvalue weighted by atomic mass is 32.1. The molecule has 0 bridgehead atoms. The zero-order valence-electron chi connectivity index (χ0n) is 24.1. The maximum absolute atomic E-state index is 13.7. The van der Waals surface area contributed by atoms with E-state index in [-0.39, 0.29) is 11.9 Å². The fraction of sp³-hybridized carbons (Fsp3) is 0.171. The number of aromatic nitrogens is 4. The number of piperidine rings is 1. The number of carbonyl (C=O) groups is 1. The Balaban J connectivity index is 1.12. The fourth-order valence-electron chi connectivity index (χ4n) is 5.49. The minimum atomic E-state index is -0.308. The van der Waals surface area contributed by atoms with Gasteiger partial charge >= 0.3 is 0 Å². The van der Waals surface area contributed by atoms with E-state index in [0.717, 1.165) is 59.0 Å². The maximum atomic E-state index is 13.7. The molecule has 0 atom stereocenters. The van der Waals surface area contributed by atoms with Gasteiger partial charge in [0.05, 0.1) is 5.69 Å². The van der Waals surface area contributed by atoms with Crippen LogP contribution >= 0.6 is 11.3 Å². The van der Waals surface area contributed by atoms with Crippen molar-refractivity contribution in [1.29, 1.82) is 0 Å². The number of benzene rings is 3. The van der Waals surface area contributed by atoms with E-state index in [1.54, 1.807) is 12.3 Å². The van der Waals surface area contributed by atoms with Gasteiger partial charge in [0, 0.05) is 49.1 Å². The molecule has 0 aliphatic carbocycles. The first-order valence-electron chi connectivity index (χ1n) is 14.8. The number of para-hydroxylation sites is 1. The first kappa shape index (κ1) is 27.8. The minimum absolute atomic E-state index is 0.254. The molecule has 1 saturated heterocycles. The van der Waals surface area contributed by atoms with Crippen LogP contribution in [0.15, 0.2) is 109 Å². The number of carbonyl (C=O) groups excluding carboxylic acids is 1. The van der Waals surface area contributed by atoms with Crippen molar-refractivity contribution in [3.05, 3.63) is 121 Å². The summed E-state index contributed by atoms with van der Waals surface area (Å²) in [6.07, 6.45) is 3.74. The van der Waals surface area contributed by atoms with Gasteiger partial charge in [-0.3, -0.25) is 9.69 Å². The Labute approximate surface area is 259 Å². The van der Waals surface area contributed by atoms with Gasteiger partial charge in [-0.1, -0.05) is 84.1 Å². The van der Waals surface area contributed by atoms with Gasteiger partial charge in [-0.2, -0.15) is 0 Å². The molecule has 0 radical (unpaired) electrons. The molecule has 0 spiro atoms. The molecule has 218 valence electrons. The first-order valence-corrected chi connectivity index (χ1v) is 15.6. The van der Waals surface area contributed by atoms with Crippen LogP contribution in [0.3, 0.4) is 0 Å². The van der Waals surface area contributed by atoms with E-state index in [1.807, 2.05) is 66.7 Å². The lowest BCUT2D eigenvalue weighted by atomic mass is 10.0. The lowest BCUT2D eigenvalue weighted by Gasteiger charge is -2.32. The van der Waals surface area contributed by atoms with Crippen molar-refractivity contribution in [2.75, 3.05) is 23.7 Å². The number of nitrogens with one attached hydrogen (secondary N) is 2. The monoisotopic (exact) mass is 597 g/mol. The summed E-state index contributed by atoms with van der Waals surface area (Å²) in [4.78, 5) is 35.8. The molecule has 6 aromatic rings. The van der Waals surface area contributed by atoms with Gasteiger partial charge in [-0.15, -0.1) is 0 Å². The maximum Gasteiger partial charge on any atom is 0.274 e. The molecule has 1 aliphatic rings. The Morgan fingerprint density at radius 3 is 2.39 bits per heavy atom. The van der Waals surface area contributed by atoms with Crippen LogP contribution in [-0.2, 0) is 6.54 Å². The number of nitrogens with zero attached hydrogens (tertiary/aromatic N) is 5. The van der Waals surface area contributed by atoms with Crippen molar-refractivity contribution in [2.45, 2.75) is 25.4 Å². The predicted octanol–water partition coefficient (Wildman–Crippen LogP) is 7.14. The Bertz CT molecular complexity index is 1850. The lowest BCUT2D eigenvalue weighted by Crippen LogP contribution is -2.38. The first-order chi connectivity index (χ1) is 21.7. The van der Waals surface area contributed by atoms with Crippen molar-refractivity contribution in [3.63, 3.8) is 0 Å². The average molecular weight is 598 g/mol. The van der Waals surface area contributed by atoms with E-state index in [9.17, 15) is 4.79 Å². The van der Waals surface area contributed by atoms with E-state index < -0.39 is 0 Å². The van der Waals surface area contributed by atoms with Gasteiger partial charge in [-0.25, -0.2) is 19.9 Å². The van der Waals surface area contributed by atoms with Gasteiger partial charge < -0.3 is 10.6 Å². The molecule has 7 rings (SSSR count). The summed E-state index contributed by atoms with van der Waals surface area (Å²) in [5.41, 5.74) is 4.81. The minimum Gasteiger partial charge on any atom is -0.367 e. The zero-order chi connectivity index (χ0) is 29.7. The van der Waals surface area contributed by atoms with Gasteiger partial charge in [0.1, 0.15) is 26.9 Å². The highest BCUT2D eigenvalue weighted by Gasteiger charge is 2.22. The Hall–Kier alpha value is -4.99. The lowest BCUT2D eigenvalue weighted by molar-refractivity contribution is 0.102. The van der Waals surface area contributed by atoms with Gasteiger partial charge in [0.25, 0.3) is 5.91 Å². The van der Waals surface area contributed by atoms with Crippen molar-refractivity contribution in [3.8, 4) is 22.0 Å². The van der Waals surface area contributed by atoms with Crippen LogP contribution in [0, 0.1) is 0 Å². The molecule has 0 saturated carbocycles. The molecule has 1 amide bonds. The quantitative estimate of drug-likeness (QED) is 0.192. The van der Waals surface area contributed by atoms with E-state index >= 15 is 0 Å². The second kappa shape index (κ2) is 12.7. The molecular weight excluding hydrogens is 567 g/mol.